The van der Waals surface area contributed by atoms with Crippen molar-refractivity contribution in [3.63, 3.8) is 0 Å². The number of unbranched alkanes of at least 4 members (excludes halogenated alkanes) is 24. The third-order valence-corrected chi connectivity index (χ3v) is 19.3. The third kappa shape index (κ3) is 28.1. The summed E-state index contributed by atoms with van der Waals surface area (Å²) in [6, 6.07) is -3.22. The number of hydrogen-bond donors (Lipinski definition) is 19. The van der Waals surface area contributed by atoms with Gasteiger partial charge in [-0.1, -0.05) is 194 Å². The molecule has 30 nitrogen and oxygen atoms in total. The average Bonchev–Trinajstić information content (AvgIpc) is 0.750. The smallest absolute Gasteiger partial charge is 0.364 e. The lowest BCUT2D eigenvalue weighted by Crippen LogP contribution is -2.72. The molecular formula is C68H126N2O28. The van der Waals surface area contributed by atoms with E-state index in [1.807, 2.05) is 0 Å². The number of carboxylic acid groups (broad SMARTS) is 1. The fraction of sp³-hybridized carbons (Fsp3) is 0.956. The molecule has 0 bridgehead atoms. The predicted octanol–water partition coefficient (Wildman–Crippen LogP) is 0.181. The zero-order valence-electron chi connectivity index (χ0n) is 58.3. The van der Waals surface area contributed by atoms with Crippen molar-refractivity contribution in [2.24, 2.45) is 5.92 Å². The summed E-state index contributed by atoms with van der Waals surface area (Å²) in [7, 11) is 0. The van der Waals surface area contributed by atoms with E-state index in [4.69, 9.17) is 37.9 Å². The highest BCUT2D eigenvalue weighted by atomic mass is 16.8. The van der Waals surface area contributed by atoms with Gasteiger partial charge in [0.1, 0.15) is 104 Å². The molecule has 0 aliphatic carbocycles. The van der Waals surface area contributed by atoms with Crippen molar-refractivity contribution in [2.45, 2.75) is 373 Å². The normalized spacial score (nSPS) is 32.7. The molecule has 4 saturated heterocycles. The molecule has 25 atom stereocenters. The number of amides is 2. The second kappa shape index (κ2) is 47.0. The molecule has 19 N–H and O–H groups in total. The highest BCUT2D eigenvalue weighted by Gasteiger charge is 2.62. The van der Waals surface area contributed by atoms with Crippen LogP contribution < -0.4 is 10.6 Å². The fourth-order valence-electron chi connectivity index (χ4n) is 13.2. The lowest BCUT2D eigenvalue weighted by Gasteiger charge is -2.52. The average molecular weight is 1420 g/mol. The van der Waals surface area contributed by atoms with E-state index in [-0.39, 0.29) is 12.8 Å². The number of aliphatic hydroxyl groups is 16. The van der Waals surface area contributed by atoms with E-state index in [9.17, 15) is 101 Å². The maximum absolute atomic E-state index is 13.6. The Morgan fingerprint density at radius 1 is 0.520 bits per heavy atom. The van der Waals surface area contributed by atoms with Gasteiger partial charge in [0.15, 0.2) is 18.9 Å². The minimum Gasteiger partial charge on any atom is -0.477 e. The van der Waals surface area contributed by atoms with Gasteiger partial charge in [-0.05, 0) is 18.8 Å². The summed E-state index contributed by atoms with van der Waals surface area (Å²) in [6.07, 6.45) is -14.8. The van der Waals surface area contributed by atoms with Crippen molar-refractivity contribution in [1.82, 2.24) is 10.6 Å². The molecule has 0 aromatic heterocycles. The summed E-state index contributed by atoms with van der Waals surface area (Å²) < 4.78 is 46.5. The number of hydrogen-bond acceptors (Lipinski definition) is 27. The van der Waals surface area contributed by atoms with Crippen molar-refractivity contribution in [1.29, 1.82) is 0 Å². The molecule has 576 valence electrons. The van der Waals surface area contributed by atoms with E-state index in [0.29, 0.717) is 18.8 Å². The molecule has 98 heavy (non-hydrogen) atoms. The molecule has 0 aromatic rings. The molecule has 0 aromatic carbocycles. The Bertz CT molecular complexity index is 2140. The van der Waals surface area contributed by atoms with Crippen molar-refractivity contribution in [3.05, 3.63) is 0 Å². The van der Waals surface area contributed by atoms with E-state index in [1.165, 1.54) is 89.9 Å². The van der Waals surface area contributed by atoms with Crippen LogP contribution in [0.3, 0.4) is 0 Å². The van der Waals surface area contributed by atoms with Gasteiger partial charge in [0.05, 0.1) is 57.3 Å². The molecule has 4 fully saturated rings. The van der Waals surface area contributed by atoms with Gasteiger partial charge in [0.25, 0.3) is 5.79 Å². The summed E-state index contributed by atoms with van der Waals surface area (Å²) in [6.45, 7) is 2.63. The number of carboxylic acids is 1. The minimum absolute atomic E-state index is 0.106. The van der Waals surface area contributed by atoms with E-state index in [0.717, 1.165) is 77.6 Å². The first-order valence-corrected chi connectivity index (χ1v) is 36.5. The van der Waals surface area contributed by atoms with Gasteiger partial charge in [-0.15, -0.1) is 0 Å². The molecule has 4 aliphatic heterocycles. The van der Waals surface area contributed by atoms with Crippen LogP contribution in [-0.2, 0) is 52.3 Å². The van der Waals surface area contributed by atoms with Crippen LogP contribution in [0.25, 0.3) is 0 Å². The molecule has 4 aliphatic rings. The van der Waals surface area contributed by atoms with Gasteiger partial charge >= 0.3 is 5.97 Å². The molecule has 0 radical (unpaired) electrons. The Hall–Kier alpha value is -2.55. The first-order chi connectivity index (χ1) is 46.8. The largest absolute Gasteiger partial charge is 0.477 e. The molecule has 4 rings (SSSR count). The van der Waals surface area contributed by atoms with E-state index in [2.05, 4.69) is 31.4 Å². The topological polar surface area (TPSA) is 493 Å². The lowest BCUT2D eigenvalue weighted by atomic mass is 9.87. The Kier molecular flexibility index (Phi) is 42.1. The van der Waals surface area contributed by atoms with Crippen LogP contribution in [0.1, 0.15) is 220 Å². The quantitative estimate of drug-likeness (QED) is 0.0361. The number of rotatable bonds is 51. The zero-order valence-corrected chi connectivity index (χ0v) is 58.3. The minimum atomic E-state index is -3.32. The summed E-state index contributed by atoms with van der Waals surface area (Å²) in [5.74, 6) is -6.53. The second-order valence-corrected chi connectivity index (χ2v) is 27.9. The molecule has 0 spiro atoms. The summed E-state index contributed by atoms with van der Waals surface area (Å²) >= 11 is 0. The van der Waals surface area contributed by atoms with Crippen LogP contribution in [-0.4, -0.2) is 290 Å². The van der Waals surface area contributed by atoms with Crippen LogP contribution in [0.5, 0.6) is 0 Å². The van der Waals surface area contributed by atoms with Gasteiger partial charge in [-0.2, -0.15) is 0 Å². The Balaban J connectivity index is 1.45. The lowest BCUT2D eigenvalue weighted by molar-refractivity contribution is -0.392. The maximum Gasteiger partial charge on any atom is 0.364 e. The van der Waals surface area contributed by atoms with Crippen molar-refractivity contribution < 1.29 is 139 Å². The van der Waals surface area contributed by atoms with Crippen LogP contribution >= 0.6 is 0 Å². The number of carbonyl (C=O) groups is 3. The van der Waals surface area contributed by atoms with Gasteiger partial charge in [0.2, 0.25) is 11.8 Å². The SMILES string of the molecule is CCCCCCCCCCCCCCCCCCCC[C@@H](O)C(=O)N[C@@H](CO[C@@H]1O[C@H](CO)[C@@H](O[C@@H]2O[C@H](CO)[C@H](O)[C@H](O[C@]3(C(=O)O)C[C@H](O[C@H]4O[C@H](CO)[C@H](O)[C@H](O)[C@H]4O)[C@@H](NC(C)=O)[C@H]([C@H](O)[C@H](O)CO)O3)[C@H]2O)[C@H](O)[C@H]1O)[C@H](O)[C@H](O)CCCCCCCCCCC(C)C. The number of carbonyl (C=O) groups excluding carboxylic acids is 2. The molecule has 2 amide bonds. The zero-order chi connectivity index (χ0) is 72.5. The van der Waals surface area contributed by atoms with Crippen LogP contribution in [0, 0.1) is 5.92 Å². The molecular weight excluding hydrogens is 1290 g/mol. The predicted molar refractivity (Wildman–Crippen MR) is 351 cm³/mol. The molecule has 30 heteroatoms. The Morgan fingerprint density at radius 3 is 1.46 bits per heavy atom. The number of ether oxygens (including phenoxy) is 8. The molecule has 0 unspecified atom stereocenters. The number of aliphatic carboxylic acids is 1. The van der Waals surface area contributed by atoms with E-state index >= 15 is 0 Å². The van der Waals surface area contributed by atoms with Crippen LogP contribution in [0.15, 0.2) is 0 Å². The number of aliphatic hydroxyl groups excluding tert-OH is 16. The number of nitrogens with one attached hydrogen (secondary N) is 2. The van der Waals surface area contributed by atoms with Gasteiger partial charge in [0, 0.05) is 13.3 Å². The standard InChI is InChI=1S/C68H126N2O28/c1-5-6-7-8-9-10-11-12-13-14-15-16-17-18-19-24-27-30-33-44(77)63(88)70-42(51(79)43(76)32-29-26-23-21-20-22-25-28-31-40(2)3)39-91-64-58(86)56(84)60(49(38-74)95-64)96-66-59(87)62(54(82)48(37-73)94-66)98-68(67(89)90)34-46(92-65-57(85)55(83)53(81)47(36-72)93-65)50(69-41(4)75)61(97-68)52(80)45(78)35-71/h40,42-62,64-66,71-74,76-87H,5-39H2,1-4H3,(H,69,75)(H,70,88)(H,89,90)/t42-,43+,44+,45+,46-,47+,48+,49+,50+,51-,52+,53-,54-,55-,56+,57+,58+,59+,60+,61+,62-,64+,65-,66-,68-/m0/s1. The fourth-order valence-corrected chi connectivity index (χ4v) is 13.2. The van der Waals surface area contributed by atoms with Crippen LogP contribution in [0.2, 0.25) is 0 Å². The summed E-state index contributed by atoms with van der Waals surface area (Å²) in [5.41, 5.74) is 0. The monoisotopic (exact) mass is 1420 g/mol. The third-order valence-electron chi connectivity index (χ3n) is 19.3. The van der Waals surface area contributed by atoms with E-state index < -0.39 is 210 Å². The summed E-state index contributed by atoms with van der Waals surface area (Å²) in [5, 5.41) is 192. The van der Waals surface area contributed by atoms with E-state index in [1.54, 1.807) is 0 Å². The molecule has 4 heterocycles. The van der Waals surface area contributed by atoms with Crippen molar-refractivity contribution in [2.75, 3.05) is 33.0 Å². The summed E-state index contributed by atoms with van der Waals surface area (Å²) in [4.78, 5) is 39.9. The first-order valence-electron chi connectivity index (χ1n) is 36.5. The van der Waals surface area contributed by atoms with Gasteiger partial charge in [-0.25, -0.2) is 4.79 Å². The first kappa shape index (κ1) is 87.9. The second-order valence-electron chi connectivity index (χ2n) is 27.9. The van der Waals surface area contributed by atoms with Crippen molar-refractivity contribution in [3.8, 4) is 0 Å². The Labute approximate surface area is 577 Å². The van der Waals surface area contributed by atoms with Crippen molar-refractivity contribution >= 4 is 17.8 Å². The maximum atomic E-state index is 13.6. The van der Waals surface area contributed by atoms with Gasteiger partial charge < -0.3 is 135 Å². The van der Waals surface area contributed by atoms with Gasteiger partial charge in [-0.3, -0.25) is 9.59 Å². The highest BCUT2D eigenvalue weighted by Crippen LogP contribution is 2.41. The van der Waals surface area contributed by atoms with Crippen LogP contribution in [0.4, 0.5) is 0 Å². The Morgan fingerprint density at radius 2 is 0.980 bits per heavy atom. The highest BCUT2D eigenvalue weighted by molar-refractivity contribution is 5.80. The molecule has 0 saturated carbocycles.